The van der Waals surface area contributed by atoms with Gasteiger partial charge in [0.1, 0.15) is 28.3 Å². The topological polar surface area (TPSA) is 217 Å². The number of hydrogen-bond acceptors (Lipinski definition) is 14. The number of carbonyl (C=O) groups excluding carboxylic acids is 4. The Morgan fingerprint density at radius 3 is 1.46 bits per heavy atom. The first-order chi connectivity index (χ1) is 52.0. The molecule has 29 heteroatoms. The molecule has 1 spiro atoms. The van der Waals surface area contributed by atoms with Crippen LogP contribution >= 0.6 is 0 Å². The number of piperidine rings is 2. The number of nitrogens with one attached hydrogen (secondary N) is 4. The third kappa shape index (κ3) is 12.4. The lowest BCUT2D eigenvalue weighted by molar-refractivity contribution is -0.124. The Balaban J connectivity index is 0.000000168. The van der Waals surface area contributed by atoms with E-state index in [1.165, 1.54) is 26.2 Å². The number of rotatable bonds is 18. The summed E-state index contributed by atoms with van der Waals surface area (Å²) in [6.07, 6.45) is 9.85. The van der Waals surface area contributed by atoms with Gasteiger partial charge < -0.3 is 40.2 Å². The molecule has 6 aromatic heterocycles. The molecule has 10 heterocycles. The van der Waals surface area contributed by atoms with E-state index in [-0.39, 0.29) is 106 Å². The molecule has 1 unspecified atom stereocenters. The van der Waals surface area contributed by atoms with Crippen LogP contribution in [-0.2, 0) is 20.4 Å². The predicted octanol–water partition coefficient (Wildman–Crippen LogP) is 16.0. The van der Waals surface area contributed by atoms with Crippen LogP contribution in [0, 0.1) is 35.6 Å². The Morgan fingerprint density at radius 1 is 0.545 bits per heavy atom. The molecule has 4 N–H and O–H groups in total. The minimum absolute atomic E-state index is 0.00636. The van der Waals surface area contributed by atoms with Crippen molar-refractivity contribution < 1.29 is 58.7 Å². The highest BCUT2D eigenvalue weighted by Gasteiger charge is 2.61. The Kier molecular flexibility index (Phi) is 18.0. The van der Waals surface area contributed by atoms with Gasteiger partial charge in [0.2, 0.25) is 11.8 Å². The minimum Gasteiger partial charge on any atom is -0.341 e. The van der Waals surface area contributed by atoms with Crippen LogP contribution in [0.5, 0.6) is 0 Å². The number of imidazole rings is 2. The third-order valence-corrected chi connectivity index (χ3v) is 25.4. The van der Waals surface area contributed by atoms with Gasteiger partial charge in [-0.3, -0.25) is 38.9 Å². The number of anilines is 6. The van der Waals surface area contributed by atoms with E-state index < -0.39 is 87.4 Å². The summed E-state index contributed by atoms with van der Waals surface area (Å²) in [6.45, 7) is 24.6. The summed E-state index contributed by atoms with van der Waals surface area (Å²) in [5, 5.41) is 10.4. The average molecular weight is 1520 g/mol. The number of aromatic nitrogens is 8. The zero-order valence-electron chi connectivity index (χ0n) is 63.5. The molecule has 7 fully saturated rings. The Bertz CT molecular complexity index is 5100. The van der Waals surface area contributed by atoms with Gasteiger partial charge in [-0.05, 0) is 215 Å². The van der Waals surface area contributed by atoms with Gasteiger partial charge in [0.15, 0.2) is 34.9 Å². The summed E-state index contributed by atoms with van der Waals surface area (Å²) in [4.78, 5) is 91.8. The molecule has 2 saturated heterocycles. The summed E-state index contributed by atoms with van der Waals surface area (Å²) in [5.41, 5.74) is -0.337. The van der Waals surface area contributed by atoms with Crippen LogP contribution in [-0.4, -0.2) is 152 Å². The Morgan fingerprint density at radius 2 is 1.01 bits per heavy atom. The van der Waals surface area contributed by atoms with Crippen molar-refractivity contribution in [1.29, 1.82) is 0 Å². The van der Waals surface area contributed by atoms with Crippen LogP contribution < -0.4 is 31.1 Å². The number of pyridine rings is 4. The molecular formula is C81H91F9N16O4. The van der Waals surface area contributed by atoms with E-state index in [1.807, 2.05) is 86.5 Å². The van der Waals surface area contributed by atoms with E-state index in [0.29, 0.717) is 80.7 Å². The first kappa shape index (κ1) is 74.8. The van der Waals surface area contributed by atoms with Gasteiger partial charge >= 0.3 is 0 Å². The van der Waals surface area contributed by atoms with Crippen LogP contribution in [0.2, 0.25) is 0 Å². The smallest absolute Gasteiger partial charge is 0.261 e. The van der Waals surface area contributed by atoms with Gasteiger partial charge in [-0.2, -0.15) is 0 Å². The summed E-state index contributed by atoms with van der Waals surface area (Å²) in [6, 6.07) is 10.0. The molecule has 0 bridgehead atoms. The second kappa shape index (κ2) is 26.5. The number of nitrogens with zero attached hydrogens (tertiary/aromatic N) is 12. The van der Waals surface area contributed by atoms with Gasteiger partial charge in [-0.25, -0.2) is 59.4 Å². The van der Waals surface area contributed by atoms with E-state index in [2.05, 4.69) is 54.9 Å². The second-order valence-corrected chi connectivity index (χ2v) is 34.5. The van der Waals surface area contributed by atoms with Crippen LogP contribution in [0.3, 0.4) is 0 Å². The van der Waals surface area contributed by atoms with E-state index in [4.69, 9.17) is 19.9 Å². The fraction of sp³-hybridized carbons (Fsp3) is 0.531. The van der Waals surface area contributed by atoms with E-state index >= 15 is 17.6 Å². The minimum atomic E-state index is -2.80. The average Bonchev–Trinajstić information content (AvgIpc) is 1.55. The number of alkyl halides is 5. The van der Waals surface area contributed by atoms with Crippen molar-refractivity contribution in [2.45, 2.75) is 242 Å². The molecule has 0 radical (unpaired) electrons. The zero-order chi connectivity index (χ0) is 78.2. The van der Waals surface area contributed by atoms with Crippen LogP contribution in [0.25, 0.3) is 44.6 Å². The molecule has 4 amide bonds. The first-order valence-electron chi connectivity index (χ1n) is 38.3. The SMILES string of the molecule is CC(C)n1cnc2cc(-c3cnc4c(c3)N(C3CC(C)(N5CCCCC5)C3)C(=O)C4(C)C)nc(Nc3cc(C(=O)NC4(C(F)F)CC4)cc(F)c3F)c21.Cc1c(C(=O)NC2(C(F)F)CC2)cc(Nc2nc(-c3cnc4c(c3)N(C3CC(C)(N5CCC(F)C6(CC6)C5)C3)C(=O)C4(C)C)cc3ncn(C(C)C)c23)c(F)c1F. The Hall–Kier alpha value is -9.25. The molecule has 582 valence electrons. The van der Waals surface area contributed by atoms with Crippen molar-refractivity contribution in [2.75, 3.05) is 46.6 Å². The highest BCUT2D eigenvalue weighted by Crippen LogP contribution is 2.58. The molecule has 110 heavy (non-hydrogen) atoms. The maximum Gasteiger partial charge on any atom is 0.261 e. The number of amides is 4. The van der Waals surface area contributed by atoms with E-state index in [0.717, 1.165) is 76.0 Å². The van der Waals surface area contributed by atoms with Crippen molar-refractivity contribution in [3.05, 3.63) is 119 Å². The van der Waals surface area contributed by atoms with Crippen molar-refractivity contribution in [3.8, 4) is 22.5 Å². The highest BCUT2D eigenvalue weighted by atomic mass is 19.3. The van der Waals surface area contributed by atoms with Crippen molar-refractivity contribution in [3.63, 3.8) is 0 Å². The molecule has 20 nitrogen and oxygen atoms in total. The number of likely N-dealkylation sites (tertiary alicyclic amines) is 2. The maximum atomic E-state index is 15.7. The molecule has 17 rings (SSSR count). The number of fused-ring (bicyclic) bond motifs is 4. The van der Waals surface area contributed by atoms with Gasteiger partial charge in [0.05, 0.1) is 80.0 Å². The highest BCUT2D eigenvalue weighted by molar-refractivity contribution is 6.09. The number of halogens is 9. The fourth-order valence-electron chi connectivity index (χ4n) is 17.9. The van der Waals surface area contributed by atoms with Crippen molar-refractivity contribution in [1.82, 2.24) is 59.5 Å². The standard InChI is InChI=1S/C42H47F5N8O2.C39H44F4N8O2/c1-21(2)54-20-49-28-15-26(50-35(33(28)54)51-27-14-25(22(3)31(44)32(27)45)36(56)52-42(10-11-42)37(46)47)23-13-29-34(48-18-23)39(4,5)38(57)55(29)24-16-40(6,17-24)53-12-7-30(43)41(19-53)8-9-41;1-21(2)50-20-45-28-16-26(46-33(31(28)50)47-27-14-22(13-25(40)30(27)41)34(52)48-39(9-10-39)35(42)43)23-15-29-32(44-19-23)37(3,4)36(53)51(29)24-17-38(5,18-24)49-11-7-6-8-12-49/h13-15,18,20-21,24,30,37H,7-12,16-17,19H2,1-6H3,(H,50,51)(H,52,56);13-16,19-21,24,35H,6-12,17-18H2,1-5H3,(H,46,47)(H,48,52). The van der Waals surface area contributed by atoms with Gasteiger partial charge in [0, 0.05) is 94.0 Å². The number of carbonyl (C=O) groups is 4. The molecule has 5 saturated carbocycles. The maximum absolute atomic E-state index is 15.7. The normalized spacial score (nSPS) is 24.6. The van der Waals surface area contributed by atoms with Crippen molar-refractivity contribution >= 4 is 80.1 Å². The van der Waals surface area contributed by atoms with Gasteiger partial charge in [-0.1, -0.05) is 6.42 Å². The fourth-order valence-corrected chi connectivity index (χ4v) is 17.9. The quantitative estimate of drug-likeness (QED) is 0.0588. The molecular weight excluding hydrogens is 1430 g/mol. The second-order valence-electron chi connectivity index (χ2n) is 34.5. The molecule has 8 aromatic rings. The Labute approximate surface area is 631 Å². The molecule has 1 atom stereocenters. The van der Waals surface area contributed by atoms with Crippen LogP contribution in [0.4, 0.5) is 73.9 Å². The summed E-state index contributed by atoms with van der Waals surface area (Å²) < 4.78 is 135. The third-order valence-electron chi connectivity index (χ3n) is 25.4. The molecule has 9 aliphatic rings. The van der Waals surface area contributed by atoms with Crippen molar-refractivity contribution in [2.24, 2.45) is 5.41 Å². The van der Waals surface area contributed by atoms with Gasteiger partial charge in [-0.15, -0.1) is 0 Å². The zero-order valence-corrected chi connectivity index (χ0v) is 63.5. The van der Waals surface area contributed by atoms with Gasteiger partial charge in [0.25, 0.3) is 24.7 Å². The first-order valence-corrected chi connectivity index (χ1v) is 38.3. The summed E-state index contributed by atoms with van der Waals surface area (Å²) >= 11 is 0. The lowest BCUT2D eigenvalue weighted by Gasteiger charge is -2.57. The lowest BCUT2D eigenvalue weighted by atomic mass is 9.70. The number of hydrogen-bond donors (Lipinski definition) is 4. The lowest BCUT2D eigenvalue weighted by Crippen LogP contribution is -2.65. The monoisotopic (exact) mass is 1520 g/mol. The molecule has 4 aliphatic heterocycles. The number of benzene rings is 2. The largest absolute Gasteiger partial charge is 0.341 e. The van der Waals surface area contributed by atoms with E-state index in [9.17, 15) is 41.1 Å². The molecule has 2 aromatic carbocycles. The van der Waals surface area contributed by atoms with Crippen LogP contribution in [0.1, 0.15) is 209 Å². The van der Waals surface area contributed by atoms with Crippen LogP contribution in [0.15, 0.2) is 67.5 Å². The molecule has 5 aliphatic carbocycles. The predicted molar refractivity (Wildman–Crippen MR) is 399 cm³/mol. The van der Waals surface area contributed by atoms with E-state index in [1.54, 1.807) is 37.2 Å². The summed E-state index contributed by atoms with van der Waals surface area (Å²) in [7, 11) is 0. The summed E-state index contributed by atoms with van der Waals surface area (Å²) in [5.74, 6) is -6.80.